The molecule has 1 amide bonds. The number of thioether (sulfide) groups is 3. The van der Waals surface area contributed by atoms with Gasteiger partial charge in [0.05, 0.1) is 32.2 Å². The van der Waals surface area contributed by atoms with Gasteiger partial charge in [0.2, 0.25) is 5.91 Å². The van der Waals surface area contributed by atoms with E-state index in [0.29, 0.717) is 41.9 Å². The largest absolute Gasteiger partial charge is 0.394 e. The molecule has 47 heavy (non-hydrogen) atoms. The van der Waals surface area contributed by atoms with E-state index in [1.54, 1.807) is 23.5 Å². The predicted octanol–water partition coefficient (Wildman–Crippen LogP) is -2.47. The van der Waals surface area contributed by atoms with Gasteiger partial charge in [0.1, 0.15) is 60.5 Å². The molecular formula is C28H51N3O13S3. The number of carbonyl (C=O) groups is 2. The van der Waals surface area contributed by atoms with E-state index < -0.39 is 74.6 Å². The van der Waals surface area contributed by atoms with Crippen LogP contribution in [0.1, 0.15) is 19.8 Å². The summed E-state index contributed by atoms with van der Waals surface area (Å²) in [6.07, 6.45) is -11.4. The average molecular weight is 734 g/mol. The van der Waals surface area contributed by atoms with Crippen molar-refractivity contribution in [1.82, 2.24) is 10.6 Å². The molecule has 10 atom stereocenters. The van der Waals surface area contributed by atoms with Crippen LogP contribution in [0.5, 0.6) is 0 Å². The second-order valence-corrected chi connectivity index (χ2v) is 14.2. The van der Waals surface area contributed by atoms with Crippen molar-refractivity contribution in [3.63, 3.8) is 0 Å². The summed E-state index contributed by atoms with van der Waals surface area (Å²) in [5.74, 6) is 3.12. The Morgan fingerprint density at radius 2 is 1.38 bits per heavy atom. The number of aliphatic hydroxyl groups excluding tert-OH is 6. The van der Waals surface area contributed by atoms with Gasteiger partial charge < -0.3 is 69.8 Å². The van der Waals surface area contributed by atoms with E-state index in [9.17, 15) is 40.2 Å². The SMILES string of the molecule is CSCC(=N)NCCSCCO[C@@H]1[C@@H](O)[C@H](O)[C@@H](CO[C@H]2O[C@H](CO)[C@@H](O)[C@H](O)[C@H]2OCCSCCNC(=O)CCC(C)=O)O[C@@H]1O. The van der Waals surface area contributed by atoms with E-state index in [1.165, 1.54) is 18.7 Å². The summed E-state index contributed by atoms with van der Waals surface area (Å²) >= 11 is 4.58. The third-order valence-electron chi connectivity index (χ3n) is 7.13. The van der Waals surface area contributed by atoms with Crippen molar-refractivity contribution in [2.75, 3.05) is 74.5 Å². The van der Waals surface area contributed by atoms with Gasteiger partial charge in [-0.25, -0.2) is 0 Å². The van der Waals surface area contributed by atoms with E-state index in [0.717, 1.165) is 5.75 Å². The Bertz CT molecular complexity index is 930. The molecule has 274 valence electrons. The summed E-state index contributed by atoms with van der Waals surface area (Å²) in [7, 11) is 0. The van der Waals surface area contributed by atoms with Gasteiger partial charge in [-0.1, -0.05) is 0 Å². The number of hydrogen-bond donors (Lipinski definition) is 9. The number of rotatable bonds is 23. The van der Waals surface area contributed by atoms with Crippen LogP contribution in [-0.4, -0.2) is 184 Å². The van der Waals surface area contributed by atoms with Crippen molar-refractivity contribution >= 4 is 52.8 Å². The van der Waals surface area contributed by atoms with E-state index in [4.69, 9.17) is 29.1 Å². The van der Waals surface area contributed by atoms with E-state index in [-0.39, 0.29) is 37.7 Å². The van der Waals surface area contributed by atoms with Crippen molar-refractivity contribution in [2.45, 2.75) is 81.2 Å². The molecule has 2 aliphatic rings. The monoisotopic (exact) mass is 733 g/mol. The molecule has 0 unspecified atom stereocenters. The lowest BCUT2D eigenvalue weighted by Gasteiger charge is -2.43. The van der Waals surface area contributed by atoms with Crippen molar-refractivity contribution < 1.29 is 63.9 Å². The number of ketones is 1. The van der Waals surface area contributed by atoms with Crippen LogP contribution >= 0.6 is 35.3 Å². The van der Waals surface area contributed by atoms with Crippen LogP contribution in [0.25, 0.3) is 0 Å². The molecule has 0 spiro atoms. The molecule has 9 N–H and O–H groups in total. The van der Waals surface area contributed by atoms with Crippen LogP contribution in [0.2, 0.25) is 0 Å². The van der Waals surface area contributed by atoms with Gasteiger partial charge in [0.15, 0.2) is 12.6 Å². The third-order valence-corrected chi connectivity index (χ3v) is 9.61. The summed E-state index contributed by atoms with van der Waals surface area (Å²) in [4.78, 5) is 22.7. The number of amidine groups is 1. The topological polar surface area (TPSA) is 250 Å². The maximum Gasteiger partial charge on any atom is 0.220 e. The van der Waals surface area contributed by atoms with Gasteiger partial charge in [-0.2, -0.15) is 35.3 Å². The molecule has 19 heteroatoms. The molecule has 0 aromatic rings. The fourth-order valence-corrected chi connectivity index (χ4v) is 6.32. The highest BCUT2D eigenvalue weighted by Crippen LogP contribution is 2.27. The Labute approximate surface area is 287 Å². The number of ether oxygens (including phenoxy) is 5. The summed E-state index contributed by atoms with van der Waals surface area (Å²) in [5.41, 5.74) is 0. The number of aliphatic hydroxyl groups is 6. The lowest BCUT2D eigenvalue weighted by atomic mass is 9.98. The van der Waals surface area contributed by atoms with Crippen LogP contribution in [-0.2, 0) is 33.3 Å². The van der Waals surface area contributed by atoms with Gasteiger partial charge in [0, 0.05) is 48.9 Å². The molecule has 2 saturated heterocycles. The Morgan fingerprint density at radius 1 is 0.787 bits per heavy atom. The van der Waals surface area contributed by atoms with E-state index in [2.05, 4.69) is 10.6 Å². The minimum atomic E-state index is -1.58. The minimum Gasteiger partial charge on any atom is -0.394 e. The van der Waals surface area contributed by atoms with Gasteiger partial charge in [-0.15, -0.1) is 0 Å². The van der Waals surface area contributed by atoms with Gasteiger partial charge in [0.25, 0.3) is 0 Å². The highest BCUT2D eigenvalue weighted by Gasteiger charge is 2.48. The summed E-state index contributed by atoms with van der Waals surface area (Å²) in [5, 5.41) is 75.9. The summed E-state index contributed by atoms with van der Waals surface area (Å²) < 4.78 is 28.2. The fraction of sp³-hybridized carbons (Fsp3) is 0.893. The average Bonchev–Trinajstić information content (AvgIpc) is 3.04. The number of hydrogen-bond acceptors (Lipinski definition) is 17. The lowest BCUT2D eigenvalue weighted by molar-refractivity contribution is -0.332. The maximum atomic E-state index is 11.7. The molecule has 0 aromatic heterocycles. The standard InChI is InChI=1S/C28H51N3O13S3/c1-16(33)3-4-20(34)31-6-10-47-12-8-41-26-24(38)21(35)17(13-32)44-28(26)42-14-18-22(36)23(37)25(27(39)43-18)40-7-11-46-9-5-30-19(29)15-45-2/h17-18,21-28,32,35-39H,3-15H2,1-2H3,(H2,29,30)(H,31,34)/t17-,18-,21-,22-,23+,24+,25-,26-,27+,28+/m1/s1. The van der Waals surface area contributed by atoms with Gasteiger partial charge >= 0.3 is 0 Å². The Kier molecular flexibility index (Phi) is 21.3. The Hall–Kier alpha value is -0.780. The number of nitrogens with one attached hydrogen (secondary N) is 3. The first-order valence-electron chi connectivity index (χ1n) is 15.4. The highest BCUT2D eigenvalue weighted by atomic mass is 32.2. The van der Waals surface area contributed by atoms with Crippen molar-refractivity contribution in [3.05, 3.63) is 0 Å². The Balaban J connectivity index is 1.78. The first-order chi connectivity index (χ1) is 22.5. The Morgan fingerprint density at radius 3 is 2.00 bits per heavy atom. The minimum absolute atomic E-state index is 0.0545. The van der Waals surface area contributed by atoms with E-state index >= 15 is 0 Å². The van der Waals surface area contributed by atoms with Crippen molar-refractivity contribution in [3.8, 4) is 0 Å². The van der Waals surface area contributed by atoms with Gasteiger partial charge in [-0.05, 0) is 13.2 Å². The molecule has 0 bridgehead atoms. The van der Waals surface area contributed by atoms with Gasteiger partial charge in [-0.3, -0.25) is 10.2 Å². The zero-order valence-corrected chi connectivity index (χ0v) is 29.2. The fourth-order valence-electron chi connectivity index (χ4n) is 4.60. The maximum absolute atomic E-state index is 11.7. The van der Waals surface area contributed by atoms with Crippen molar-refractivity contribution in [2.24, 2.45) is 0 Å². The molecule has 0 radical (unpaired) electrons. The third kappa shape index (κ3) is 15.3. The zero-order chi connectivity index (χ0) is 34.8. The van der Waals surface area contributed by atoms with Crippen LogP contribution in [0.3, 0.4) is 0 Å². The molecular weight excluding hydrogens is 683 g/mol. The molecule has 0 aromatic carbocycles. The summed E-state index contributed by atoms with van der Waals surface area (Å²) in [6.45, 7) is 1.71. The second-order valence-electron chi connectivity index (χ2n) is 10.9. The molecule has 0 saturated carbocycles. The van der Waals surface area contributed by atoms with Crippen LogP contribution in [0.4, 0.5) is 0 Å². The van der Waals surface area contributed by atoms with Crippen LogP contribution in [0.15, 0.2) is 0 Å². The number of carbonyl (C=O) groups excluding carboxylic acids is 2. The van der Waals surface area contributed by atoms with Crippen molar-refractivity contribution in [1.29, 1.82) is 5.41 Å². The lowest BCUT2D eigenvalue weighted by Crippen LogP contribution is -2.62. The first kappa shape index (κ1) is 42.4. The second kappa shape index (κ2) is 23.6. The van der Waals surface area contributed by atoms with Crippen LogP contribution < -0.4 is 10.6 Å². The quantitative estimate of drug-likeness (QED) is 0.0300. The molecule has 0 aliphatic carbocycles. The van der Waals surface area contributed by atoms with Crippen LogP contribution in [0, 0.1) is 5.41 Å². The van der Waals surface area contributed by atoms with E-state index in [1.807, 2.05) is 6.26 Å². The molecule has 2 rings (SSSR count). The molecule has 2 fully saturated rings. The first-order valence-corrected chi connectivity index (χ1v) is 19.1. The zero-order valence-electron chi connectivity index (χ0n) is 26.7. The smallest absolute Gasteiger partial charge is 0.220 e. The molecule has 2 aliphatic heterocycles. The molecule has 2 heterocycles. The highest BCUT2D eigenvalue weighted by molar-refractivity contribution is 7.99. The number of Topliss-reactive ketones (excluding diaryl/α,β-unsaturated/α-hetero) is 1. The predicted molar refractivity (Wildman–Crippen MR) is 178 cm³/mol. The summed E-state index contributed by atoms with van der Waals surface area (Å²) in [6, 6.07) is 0. The normalized spacial score (nSPS) is 31.0. The molecule has 16 nitrogen and oxygen atoms in total. The number of amides is 1.